The highest BCUT2D eigenvalue weighted by Crippen LogP contribution is 2.35. The van der Waals surface area contributed by atoms with Crippen LogP contribution in [-0.4, -0.2) is 17.0 Å². The number of benzene rings is 1. The molecular weight excluding hydrogens is 268 g/mol. The number of hydrogen-bond acceptors (Lipinski definition) is 6. The van der Waals surface area contributed by atoms with Crippen LogP contribution in [0.5, 0.6) is 11.6 Å². The van der Waals surface area contributed by atoms with Crippen LogP contribution < -0.4 is 10.1 Å². The predicted molar refractivity (Wildman–Crippen MR) is 77.3 cm³/mol. The van der Waals surface area contributed by atoms with Crippen LogP contribution >= 0.6 is 0 Å². The van der Waals surface area contributed by atoms with Crippen molar-refractivity contribution in [1.82, 2.24) is 9.97 Å². The predicted octanol–water partition coefficient (Wildman–Crippen LogP) is 3.24. The molecule has 21 heavy (non-hydrogen) atoms. The Morgan fingerprint density at radius 1 is 1.29 bits per heavy atom. The maximum Gasteiger partial charge on any atom is 0.247 e. The number of nitriles is 1. The van der Waals surface area contributed by atoms with Gasteiger partial charge in [0.05, 0.1) is 5.39 Å². The molecule has 0 atom stereocenters. The summed E-state index contributed by atoms with van der Waals surface area (Å²) in [7, 11) is 1.76. The zero-order chi connectivity index (χ0) is 14.8. The molecular formula is C15H12N4O2. The van der Waals surface area contributed by atoms with Crippen LogP contribution in [0, 0.1) is 18.3 Å². The summed E-state index contributed by atoms with van der Waals surface area (Å²) in [6, 6.07) is 11.0. The Morgan fingerprint density at radius 3 is 2.86 bits per heavy atom. The van der Waals surface area contributed by atoms with Crippen LogP contribution in [0.15, 0.2) is 34.7 Å². The highest BCUT2D eigenvalue weighted by atomic mass is 16.5. The molecule has 0 aliphatic heterocycles. The first-order chi connectivity index (χ1) is 10.2. The molecule has 2 heterocycles. The van der Waals surface area contributed by atoms with Crippen molar-refractivity contribution < 1.29 is 9.15 Å². The molecule has 104 valence electrons. The largest absolute Gasteiger partial charge is 0.442 e. The van der Waals surface area contributed by atoms with Crippen molar-refractivity contribution in [1.29, 1.82) is 5.26 Å². The second-order valence-electron chi connectivity index (χ2n) is 4.36. The Labute approximate surface area is 121 Å². The molecule has 6 nitrogen and oxygen atoms in total. The number of nitrogens with one attached hydrogen (secondary N) is 1. The van der Waals surface area contributed by atoms with E-state index < -0.39 is 0 Å². The first-order valence-corrected chi connectivity index (χ1v) is 6.34. The smallest absolute Gasteiger partial charge is 0.247 e. The molecule has 1 aromatic carbocycles. The van der Waals surface area contributed by atoms with Crippen molar-refractivity contribution in [2.75, 3.05) is 12.4 Å². The molecule has 0 spiro atoms. The van der Waals surface area contributed by atoms with Crippen LogP contribution in [0.4, 0.5) is 5.82 Å². The molecule has 0 aliphatic rings. The molecule has 0 unspecified atom stereocenters. The molecule has 3 aromatic rings. The number of fused-ring (bicyclic) bond motifs is 1. The van der Waals surface area contributed by atoms with E-state index in [0.29, 0.717) is 28.9 Å². The molecule has 0 fully saturated rings. The molecule has 6 heteroatoms. The summed E-state index contributed by atoms with van der Waals surface area (Å²) in [5, 5.41) is 12.9. The molecule has 1 N–H and O–H groups in total. The van der Waals surface area contributed by atoms with Crippen molar-refractivity contribution in [2.45, 2.75) is 6.92 Å². The molecule has 0 aliphatic carbocycles. The molecule has 3 rings (SSSR count). The van der Waals surface area contributed by atoms with Gasteiger partial charge in [0, 0.05) is 13.1 Å². The minimum atomic E-state index is 0.124. The monoisotopic (exact) mass is 280 g/mol. The van der Waals surface area contributed by atoms with Crippen LogP contribution in [0.1, 0.15) is 11.6 Å². The Balaban J connectivity index is 2.09. The molecule has 0 saturated carbocycles. The Hall–Kier alpha value is -3.07. The summed E-state index contributed by atoms with van der Waals surface area (Å²) in [5.74, 6) is 2.06. The van der Waals surface area contributed by atoms with Crippen LogP contribution in [0.3, 0.4) is 0 Å². The Morgan fingerprint density at radius 2 is 2.10 bits per heavy atom. The Kier molecular flexibility index (Phi) is 3.16. The normalized spacial score (nSPS) is 10.3. The SMILES string of the molecule is CNc1cc(Oc2c(C#N)oc3ccccc23)nc(C)n1. The molecule has 0 bridgehead atoms. The third-order valence-corrected chi connectivity index (χ3v) is 2.93. The van der Waals surface area contributed by atoms with Gasteiger partial charge in [-0.15, -0.1) is 0 Å². The average molecular weight is 280 g/mol. The van der Waals surface area contributed by atoms with Crippen molar-refractivity contribution in [3.8, 4) is 17.7 Å². The maximum atomic E-state index is 9.18. The van der Waals surface area contributed by atoms with Crippen molar-refractivity contribution in [3.63, 3.8) is 0 Å². The van der Waals surface area contributed by atoms with E-state index in [4.69, 9.17) is 9.15 Å². The number of rotatable bonds is 3. The maximum absolute atomic E-state index is 9.18. The van der Waals surface area contributed by atoms with Crippen molar-refractivity contribution in [2.24, 2.45) is 0 Å². The van der Waals surface area contributed by atoms with E-state index >= 15 is 0 Å². The van der Waals surface area contributed by atoms with Crippen molar-refractivity contribution >= 4 is 16.8 Å². The zero-order valence-electron chi connectivity index (χ0n) is 11.5. The number of aromatic nitrogens is 2. The highest BCUT2D eigenvalue weighted by molar-refractivity contribution is 5.86. The lowest BCUT2D eigenvalue weighted by Crippen LogP contribution is -1.98. The molecule has 0 radical (unpaired) electrons. The standard InChI is InChI=1S/C15H12N4O2/c1-9-18-13(17-2)7-14(19-9)21-15-10-5-3-4-6-11(10)20-12(15)8-16/h3-7H,1-2H3,(H,17,18,19). The van der Waals surface area contributed by atoms with Gasteiger partial charge in [-0.2, -0.15) is 10.2 Å². The lowest BCUT2D eigenvalue weighted by atomic mass is 10.2. The molecule has 0 saturated heterocycles. The molecule has 0 amide bonds. The number of para-hydroxylation sites is 1. The van der Waals surface area contributed by atoms with Crippen LogP contribution in [-0.2, 0) is 0 Å². The number of hydrogen-bond donors (Lipinski definition) is 1. The number of ether oxygens (including phenoxy) is 1. The fourth-order valence-electron chi connectivity index (χ4n) is 2.02. The minimum Gasteiger partial charge on any atom is -0.442 e. The van der Waals surface area contributed by atoms with Crippen LogP contribution in [0.25, 0.3) is 11.0 Å². The third-order valence-electron chi connectivity index (χ3n) is 2.93. The fraction of sp³-hybridized carbons (Fsp3) is 0.133. The van der Waals surface area contributed by atoms with E-state index in [9.17, 15) is 5.26 Å². The van der Waals surface area contributed by atoms with E-state index in [1.54, 1.807) is 26.1 Å². The number of nitrogens with zero attached hydrogens (tertiary/aromatic N) is 3. The summed E-state index contributed by atoms with van der Waals surface area (Å²) < 4.78 is 11.2. The lowest BCUT2D eigenvalue weighted by Gasteiger charge is -2.06. The summed E-state index contributed by atoms with van der Waals surface area (Å²) in [5.41, 5.74) is 0.601. The van der Waals surface area contributed by atoms with Gasteiger partial charge in [0.1, 0.15) is 23.3 Å². The van der Waals surface area contributed by atoms with Gasteiger partial charge in [-0.3, -0.25) is 0 Å². The first-order valence-electron chi connectivity index (χ1n) is 6.34. The van der Waals surface area contributed by atoms with E-state index in [0.717, 1.165) is 5.39 Å². The van der Waals surface area contributed by atoms with Gasteiger partial charge in [0.25, 0.3) is 0 Å². The van der Waals surface area contributed by atoms with E-state index in [1.807, 2.05) is 24.3 Å². The zero-order valence-corrected chi connectivity index (χ0v) is 11.5. The van der Waals surface area contributed by atoms with Gasteiger partial charge in [-0.1, -0.05) is 12.1 Å². The quantitative estimate of drug-likeness (QED) is 0.792. The first kappa shape index (κ1) is 12.9. The number of furan rings is 1. The van der Waals surface area contributed by atoms with Gasteiger partial charge >= 0.3 is 0 Å². The second kappa shape index (κ2) is 5.13. The highest BCUT2D eigenvalue weighted by Gasteiger charge is 2.17. The number of aryl methyl sites for hydroxylation is 1. The summed E-state index contributed by atoms with van der Waals surface area (Å²) >= 11 is 0. The van der Waals surface area contributed by atoms with Gasteiger partial charge in [-0.25, -0.2) is 4.98 Å². The number of anilines is 1. The summed E-state index contributed by atoms with van der Waals surface area (Å²) in [6.45, 7) is 1.77. The van der Waals surface area contributed by atoms with Gasteiger partial charge in [0.15, 0.2) is 5.75 Å². The van der Waals surface area contributed by atoms with E-state index in [1.165, 1.54) is 0 Å². The van der Waals surface area contributed by atoms with Gasteiger partial charge in [-0.05, 0) is 19.1 Å². The third kappa shape index (κ3) is 2.37. The van der Waals surface area contributed by atoms with Gasteiger partial charge < -0.3 is 14.5 Å². The van der Waals surface area contributed by atoms with Gasteiger partial charge in [0.2, 0.25) is 11.6 Å². The molecule has 2 aromatic heterocycles. The average Bonchev–Trinajstić information content (AvgIpc) is 2.85. The summed E-state index contributed by atoms with van der Waals surface area (Å²) in [4.78, 5) is 8.41. The second-order valence-corrected chi connectivity index (χ2v) is 4.36. The fourth-order valence-corrected chi connectivity index (χ4v) is 2.02. The van der Waals surface area contributed by atoms with Crippen molar-refractivity contribution in [3.05, 3.63) is 41.9 Å². The topological polar surface area (TPSA) is 84.0 Å². The Bertz CT molecular complexity index is 848. The van der Waals surface area contributed by atoms with E-state index in [2.05, 4.69) is 15.3 Å². The lowest BCUT2D eigenvalue weighted by molar-refractivity contribution is 0.448. The van der Waals surface area contributed by atoms with Crippen LogP contribution in [0.2, 0.25) is 0 Å². The van der Waals surface area contributed by atoms with E-state index in [-0.39, 0.29) is 5.76 Å². The minimum absolute atomic E-state index is 0.124. The summed E-state index contributed by atoms with van der Waals surface area (Å²) in [6.07, 6.45) is 0.